The van der Waals surface area contributed by atoms with Crippen LogP contribution in [0.2, 0.25) is 0 Å². The quantitative estimate of drug-likeness (QED) is 0.531. The molecule has 7 heteroatoms. The van der Waals surface area contributed by atoms with Crippen molar-refractivity contribution >= 4 is 22.5 Å². The van der Waals surface area contributed by atoms with E-state index in [-0.39, 0.29) is 11.6 Å². The Morgan fingerprint density at radius 3 is 2.58 bits per heavy atom. The zero-order valence-electron chi connectivity index (χ0n) is 20.1. The Morgan fingerprint density at radius 2 is 1.94 bits per heavy atom. The molecule has 2 aromatic heterocycles. The van der Waals surface area contributed by atoms with Gasteiger partial charge in [-0.1, -0.05) is 19.9 Å². The Balaban J connectivity index is 1.64. The van der Waals surface area contributed by atoms with Crippen molar-refractivity contribution < 1.29 is 14.6 Å². The minimum atomic E-state index is -1.16. The van der Waals surface area contributed by atoms with E-state index in [1.165, 1.54) is 20.0 Å². The van der Waals surface area contributed by atoms with Crippen LogP contribution in [-0.4, -0.2) is 32.9 Å². The largest absolute Gasteiger partial charge is 0.481 e. The van der Waals surface area contributed by atoms with Crippen molar-refractivity contribution in [3.8, 4) is 5.88 Å². The van der Waals surface area contributed by atoms with Crippen molar-refractivity contribution in [3.63, 3.8) is 0 Å². The number of rotatable bonds is 6. The first-order chi connectivity index (χ1) is 15.7. The number of benzene rings is 1. The highest BCUT2D eigenvalue weighted by atomic mass is 16.5. The first kappa shape index (κ1) is 23.2. The van der Waals surface area contributed by atoms with E-state index >= 15 is 0 Å². The van der Waals surface area contributed by atoms with Gasteiger partial charge < -0.3 is 15.2 Å². The number of methoxy groups -OCH3 is 1. The molecule has 1 aliphatic carbocycles. The molecular formula is C26H34N4O3. The molecule has 1 fully saturated rings. The highest BCUT2D eigenvalue weighted by Gasteiger charge is 2.27. The number of amides is 1. The average molecular weight is 451 g/mol. The number of nitrogens with one attached hydrogen (secondary N) is 1. The van der Waals surface area contributed by atoms with Crippen molar-refractivity contribution in [2.24, 2.45) is 11.8 Å². The molecule has 4 rings (SSSR count). The molecule has 7 nitrogen and oxygen atoms in total. The maximum absolute atomic E-state index is 12.9. The molecule has 2 heterocycles. The maximum Gasteiger partial charge on any atom is 0.274 e. The van der Waals surface area contributed by atoms with Gasteiger partial charge in [0.05, 0.1) is 24.3 Å². The van der Waals surface area contributed by atoms with Gasteiger partial charge in [0.25, 0.3) is 5.91 Å². The fourth-order valence-corrected chi connectivity index (χ4v) is 4.76. The minimum Gasteiger partial charge on any atom is -0.481 e. The van der Waals surface area contributed by atoms with Crippen molar-refractivity contribution in [2.75, 3.05) is 12.4 Å². The topological polar surface area (TPSA) is 89.3 Å². The predicted octanol–water partition coefficient (Wildman–Crippen LogP) is 5.31. The first-order valence-electron chi connectivity index (χ1n) is 11.7. The smallest absolute Gasteiger partial charge is 0.274 e. The molecule has 2 N–H and O–H groups in total. The number of aliphatic hydroxyl groups is 1. The van der Waals surface area contributed by atoms with Crippen molar-refractivity contribution in [1.29, 1.82) is 0 Å². The SMILES string of the molecule is COc1cccc(C(=O)Nc2cc3cn(C4CCC(C(C)C)CC4)nc3cc2C(C)(C)O)n1. The molecule has 0 atom stereocenters. The minimum absolute atomic E-state index is 0.244. The van der Waals surface area contributed by atoms with Gasteiger partial charge in [0.2, 0.25) is 5.88 Å². The van der Waals surface area contributed by atoms with Crippen LogP contribution in [-0.2, 0) is 5.60 Å². The highest BCUT2D eigenvalue weighted by Crippen LogP contribution is 2.37. The summed E-state index contributed by atoms with van der Waals surface area (Å²) in [5.74, 6) is 1.52. The summed E-state index contributed by atoms with van der Waals surface area (Å²) in [4.78, 5) is 17.1. The zero-order valence-corrected chi connectivity index (χ0v) is 20.1. The third-order valence-electron chi connectivity index (χ3n) is 6.79. The number of carbonyl (C=O) groups is 1. The Morgan fingerprint density at radius 1 is 1.21 bits per heavy atom. The van der Waals surface area contributed by atoms with E-state index in [0.29, 0.717) is 23.2 Å². The molecule has 1 amide bonds. The monoisotopic (exact) mass is 450 g/mol. The van der Waals surface area contributed by atoms with Gasteiger partial charge in [-0.25, -0.2) is 4.98 Å². The van der Waals surface area contributed by atoms with Crippen LogP contribution in [0, 0.1) is 11.8 Å². The van der Waals surface area contributed by atoms with Crippen LogP contribution in [0.3, 0.4) is 0 Å². The molecule has 1 aliphatic rings. The second-order valence-electron chi connectivity index (χ2n) is 9.96. The Bertz CT molecular complexity index is 1140. The molecule has 0 radical (unpaired) electrons. The van der Waals surface area contributed by atoms with Crippen molar-refractivity contribution in [2.45, 2.75) is 65.0 Å². The summed E-state index contributed by atoms with van der Waals surface area (Å²) in [6, 6.07) is 9.19. The highest BCUT2D eigenvalue weighted by molar-refractivity contribution is 6.04. The number of anilines is 1. The summed E-state index contributed by atoms with van der Waals surface area (Å²) < 4.78 is 7.20. The van der Waals surface area contributed by atoms with E-state index < -0.39 is 5.60 Å². The molecule has 0 saturated heterocycles. The third kappa shape index (κ3) is 5.03. The summed E-state index contributed by atoms with van der Waals surface area (Å²) >= 11 is 0. The molecule has 1 aromatic carbocycles. The fourth-order valence-electron chi connectivity index (χ4n) is 4.76. The molecule has 176 valence electrons. The van der Waals surface area contributed by atoms with Crippen LogP contribution in [0.1, 0.15) is 75.5 Å². The first-order valence-corrected chi connectivity index (χ1v) is 11.7. The van der Waals surface area contributed by atoms with Crippen LogP contribution in [0.15, 0.2) is 36.5 Å². The number of hydrogen-bond donors (Lipinski definition) is 2. The van der Waals surface area contributed by atoms with Crippen LogP contribution < -0.4 is 10.1 Å². The predicted molar refractivity (Wildman–Crippen MR) is 130 cm³/mol. The van der Waals surface area contributed by atoms with Gasteiger partial charge in [0.1, 0.15) is 5.69 Å². The normalized spacial score (nSPS) is 19.1. The van der Waals surface area contributed by atoms with Gasteiger partial charge in [-0.2, -0.15) is 5.10 Å². The lowest BCUT2D eigenvalue weighted by molar-refractivity contribution is 0.0793. The molecular weight excluding hydrogens is 416 g/mol. The average Bonchev–Trinajstić information content (AvgIpc) is 3.21. The van der Waals surface area contributed by atoms with Crippen LogP contribution in [0.5, 0.6) is 5.88 Å². The van der Waals surface area contributed by atoms with Crippen LogP contribution in [0.25, 0.3) is 10.9 Å². The van der Waals surface area contributed by atoms with Crippen LogP contribution in [0.4, 0.5) is 5.69 Å². The van der Waals surface area contributed by atoms with E-state index in [1.54, 1.807) is 32.0 Å². The van der Waals surface area contributed by atoms with E-state index in [2.05, 4.69) is 35.0 Å². The lowest BCUT2D eigenvalue weighted by Crippen LogP contribution is -2.21. The lowest BCUT2D eigenvalue weighted by Gasteiger charge is -2.30. The third-order valence-corrected chi connectivity index (χ3v) is 6.79. The standard InChI is InChI=1S/C26H34N4O3/c1-16(2)17-9-11-19(12-10-17)30-15-18-13-23(20(26(3,4)32)14-22(18)29-30)28-25(31)21-7-6-8-24(27-21)33-5/h6-8,13-17,19,32H,9-12H2,1-5H3,(H,28,31). The molecule has 33 heavy (non-hydrogen) atoms. The number of nitrogens with zero attached hydrogens (tertiary/aromatic N) is 3. The van der Waals surface area contributed by atoms with Gasteiger partial charge in [0, 0.05) is 28.9 Å². The summed E-state index contributed by atoms with van der Waals surface area (Å²) in [6.07, 6.45) is 6.76. The number of carbonyl (C=O) groups excluding carboxylic acids is 1. The Kier molecular flexibility index (Phi) is 6.43. The van der Waals surface area contributed by atoms with E-state index in [4.69, 9.17) is 9.84 Å². The number of ether oxygens (including phenoxy) is 1. The number of fused-ring (bicyclic) bond motifs is 1. The summed E-state index contributed by atoms with van der Waals surface area (Å²) in [7, 11) is 1.51. The van der Waals surface area contributed by atoms with Gasteiger partial charge in [-0.05, 0) is 69.6 Å². The van der Waals surface area contributed by atoms with Gasteiger partial charge >= 0.3 is 0 Å². The molecule has 0 aliphatic heterocycles. The second kappa shape index (κ2) is 9.14. The lowest BCUT2D eigenvalue weighted by atomic mass is 9.80. The van der Waals surface area contributed by atoms with Crippen molar-refractivity contribution in [1.82, 2.24) is 14.8 Å². The summed E-state index contributed by atoms with van der Waals surface area (Å²) in [5, 5.41) is 19.5. The molecule has 1 saturated carbocycles. The number of pyridine rings is 1. The Hall–Kier alpha value is -2.93. The fraction of sp³-hybridized carbons (Fsp3) is 0.500. The summed E-state index contributed by atoms with van der Waals surface area (Å²) in [5.41, 5.74) is 1.06. The van der Waals surface area contributed by atoms with Crippen molar-refractivity contribution in [3.05, 3.63) is 47.8 Å². The molecule has 3 aromatic rings. The molecule has 0 bridgehead atoms. The van der Waals surface area contributed by atoms with E-state index in [1.807, 2.05) is 12.1 Å². The molecule has 0 spiro atoms. The summed E-state index contributed by atoms with van der Waals surface area (Å²) in [6.45, 7) is 8.03. The molecule has 0 unspecified atom stereocenters. The Labute approximate surface area is 195 Å². The number of aromatic nitrogens is 3. The van der Waals surface area contributed by atoms with E-state index in [0.717, 1.165) is 35.6 Å². The van der Waals surface area contributed by atoms with Gasteiger partial charge in [-0.3, -0.25) is 9.48 Å². The van der Waals surface area contributed by atoms with Gasteiger partial charge in [0.15, 0.2) is 0 Å². The van der Waals surface area contributed by atoms with Crippen LogP contribution >= 0.6 is 0 Å². The van der Waals surface area contributed by atoms with E-state index in [9.17, 15) is 9.90 Å². The zero-order chi connectivity index (χ0) is 23.8. The number of hydrogen-bond acceptors (Lipinski definition) is 5. The van der Waals surface area contributed by atoms with Gasteiger partial charge in [-0.15, -0.1) is 0 Å². The second-order valence-corrected chi connectivity index (χ2v) is 9.96. The maximum atomic E-state index is 12.9.